The van der Waals surface area contributed by atoms with E-state index in [1.165, 1.54) is 0 Å². The van der Waals surface area contributed by atoms with Gasteiger partial charge in [0, 0.05) is 94.5 Å². The molecule has 2 unspecified atom stereocenters. The zero-order valence-electron chi connectivity index (χ0n) is 46.5. The number of aromatic nitrogens is 6. The molecule has 7 heterocycles. The fourth-order valence-corrected chi connectivity index (χ4v) is 11.6. The minimum Gasteiger partial charge on any atom is -0.444 e. The number of amides is 2. The Morgan fingerprint density at radius 1 is 0.641 bits per heavy atom. The molecule has 3 aliphatic heterocycles. The Balaban J connectivity index is 0.000000176. The molecule has 16 nitrogen and oxygen atoms in total. The molecule has 0 bridgehead atoms. The standard InChI is InChI=1S/C30H34ClN5O3.C30H36ClN5O3/c1-19-33-17-25(34(19)5)30(18-38-30)24-15-20-7-6-10-32-26(20)27(22-9-8-21(31)16-23(22)24)35-11-13-36(14-12-35)28(37)39-29(2,3)4;1-19-33-18-25(34(19)6)30(5,38)24-16-20-8-7-11-32-26(20)27(22-10-9-21(31)17-23(22)24)35-12-14-36(15-13-35)28(37)39-29(2,3)4/h6-10,15-17,27H,11-14,18H2,1-5H3;7-11,16-18,27,38H,12-15H2,1-6H3/t2*27-,30?/m00/s1. The molecule has 6 aromatic rings. The van der Waals surface area contributed by atoms with Crippen LogP contribution < -0.4 is 0 Å². The summed E-state index contributed by atoms with van der Waals surface area (Å²) in [6, 6.07) is 19.7. The fourth-order valence-electron chi connectivity index (χ4n) is 11.3. The van der Waals surface area contributed by atoms with Crippen LogP contribution in [0, 0.1) is 13.8 Å². The van der Waals surface area contributed by atoms with Crippen molar-refractivity contribution < 1.29 is 28.9 Å². The van der Waals surface area contributed by atoms with E-state index in [4.69, 9.17) is 47.4 Å². The third-order valence-electron chi connectivity index (χ3n) is 15.5. The highest BCUT2D eigenvalue weighted by atomic mass is 35.5. The molecule has 410 valence electrons. The summed E-state index contributed by atoms with van der Waals surface area (Å²) >= 11 is 13.2. The Labute approximate surface area is 467 Å². The van der Waals surface area contributed by atoms with Gasteiger partial charge in [0.15, 0.2) is 5.60 Å². The van der Waals surface area contributed by atoms with Gasteiger partial charge in [-0.3, -0.25) is 19.8 Å². The number of hydrogen-bond donors (Lipinski definition) is 1. The molecule has 3 fully saturated rings. The molecule has 4 aromatic heterocycles. The van der Waals surface area contributed by atoms with Crippen LogP contribution in [0.5, 0.6) is 0 Å². The number of aliphatic hydroxyl groups is 1. The first kappa shape index (κ1) is 54.9. The maximum atomic E-state index is 12.7. The van der Waals surface area contributed by atoms with E-state index in [-0.39, 0.29) is 24.3 Å². The molecule has 78 heavy (non-hydrogen) atoms. The molecule has 0 spiro atoms. The number of aryl methyl sites for hydroxylation is 2. The van der Waals surface area contributed by atoms with Crippen molar-refractivity contribution in [2.45, 2.75) is 96.8 Å². The van der Waals surface area contributed by atoms with Crippen LogP contribution in [-0.2, 0) is 39.5 Å². The Bertz CT molecular complexity index is 3120. The highest BCUT2D eigenvalue weighted by molar-refractivity contribution is 6.31. The van der Waals surface area contributed by atoms with Crippen molar-refractivity contribution >= 4 is 58.7 Å². The number of benzene rings is 2. The van der Waals surface area contributed by atoms with Crippen LogP contribution in [0.4, 0.5) is 9.59 Å². The van der Waals surface area contributed by atoms with E-state index < -0.39 is 22.4 Å². The van der Waals surface area contributed by atoms with Crippen LogP contribution >= 0.6 is 23.2 Å². The normalized spacial score (nSPS) is 21.2. The molecule has 2 aromatic carbocycles. The first-order chi connectivity index (χ1) is 36.9. The number of epoxide rings is 1. The quantitative estimate of drug-likeness (QED) is 0.158. The van der Waals surface area contributed by atoms with Crippen molar-refractivity contribution in [1.29, 1.82) is 0 Å². The topological polar surface area (TPSA) is 160 Å². The molecular weight excluding hydrogens is 1030 g/mol. The Morgan fingerprint density at radius 2 is 1.10 bits per heavy atom. The smallest absolute Gasteiger partial charge is 0.410 e. The highest BCUT2D eigenvalue weighted by Gasteiger charge is 2.54. The van der Waals surface area contributed by atoms with E-state index in [0.717, 1.165) is 73.3 Å². The van der Waals surface area contributed by atoms with Gasteiger partial charge in [0.25, 0.3) is 0 Å². The van der Waals surface area contributed by atoms with E-state index in [2.05, 4.69) is 42.5 Å². The maximum Gasteiger partial charge on any atom is 0.410 e. The van der Waals surface area contributed by atoms with Gasteiger partial charge in [-0.25, -0.2) is 19.6 Å². The van der Waals surface area contributed by atoms with E-state index in [1.54, 1.807) is 29.1 Å². The summed E-state index contributed by atoms with van der Waals surface area (Å²) in [6.45, 7) is 22.5. The van der Waals surface area contributed by atoms with Crippen LogP contribution in [0.2, 0.25) is 10.0 Å². The first-order valence-corrected chi connectivity index (χ1v) is 27.4. The van der Waals surface area contributed by atoms with Crippen molar-refractivity contribution in [3.63, 3.8) is 0 Å². The monoisotopic (exact) mass is 1100 g/mol. The van der Waals surface area contributed by atoms with Crippen molar-refractivity contribution in [3.05, 3.63) is 163 Å². The van der Waals surface area contributed by atoms with Gasteiger partial charge in [-0.15, -0.1) is 0 Å². The SMILES string of the molecule is Cc1ncc(C(C)(O)C2=Cc3cccnc3[C@@H](N3CCN(C(=O)OC(C)(C)C)CC3)c3ccc(Cl)cc32)n1C.Cc1ncc(C2(C3=Cc4cccnc4[C@@H](N4CCN(C(=O)OC(C)(C)C)CC4)c4ccc(Cl)cc43)CO2)n1C. The summed E-state index contributed by atoms with van der Waals surface area (Å²) < 4.78 is 21.5. The number of carbonyl (C=O) groups excluding carboxylic acids is 2. The third kappa shape index (κ3) is 10.7. The van der Waals surface area contributed by atoms with Crippen molar-refractivity contribution in [2.75, 3.05) is 59.0 Å². The number of halogens is 2. The molecule has 4 atom stereocenters. The molecule has 18 heteroatoms. The Morgan fingerprint density at radius 3 is 1.55 bits per heavy atom. The summed E-state index contributed by atoms with van der Waals surface area (Å²) in [5, 5.41) is 13.4. The van der Waals surface area contributed by atoms with Gasteiger partial charge in [-0.2, -0.15) is 0 Å². The zero-order valence-corrected chi connectivity index (χ0v) is 48.0. The van der Waals surface area contributed by atoms with Gasteiger partial charge in [-0.05, 0) is 150 Å². The number of hydrogen-bond acceptors (Lipinski definition) is 12. The predicted octanol–water partition coefficient (Wildman–Crippen LogP) is 10.4. The summed E-state index contributed by atoms with van der Waals surface area (Å²) in [5.74, 6) is 1.75. The highest BCUT2D eigenvalue weighted by Crippen LogP contribution is 2.54. The molecule has 5 aliphatic rings. The van der Waals surface area contributed by atoms with Gasteiger partial charge in [0.1, 0.15) is 28.5 Å². The second kappa shape index (κ2) is 21.0. The second-order valence-corrected chi connectivity index (χ2v) is 23.9. The fraction of sp³-hybridized carbons (Fsp3) is 0.433. The number of pyridine rings is 2. The van der Waals surface area contributed by atoms with Crippen molar-refractivity contribution in [3.8, 4) is 0 Å². The lowest BCUT2D eigenvalue weighted by Crippen LogP contribution is -2.51. The second-order valence-electron chi connectivity index (χ2n) is 23.0. The predicted molar refractivity (Wildman–Crippen MR) is 303 cm³/mol. The molecule has 11 rings (SSSR count). The largest absolute Gasteiger partial charge is 0.444 e. The number of carbonyl (C=O) groups is 2. The number of fused-ring (bicyclic) bond motifs is 4. The number of ether oxygens (including phenoxy) is 3. The lowest BCUT2D eigenvalue weighted by Gasteiger charge is -2.40. The van der Waals surface area contributed by atoms with E-state index in [9.17, 15) is 14.7 Å². The van der Waals surface area contributed by atoms with Crippen LogP contribution in [0.15, 0.2) is 85.5 Å². The summed E-state index contributed by atoms with van der Waals surface area (Å²) in [7, 11) is 3.93. The van der Waals surface area contributed by atoms with Crippen molar-refractivity contribution in [1.82, 2.24) is 48.7 Å². The zero-order chi connectivity index (χ0) is 55.6. The average Bonchev–Trinajstić information content (AvgIpc) is 4.21. The van der Waals surface area contributed by atoms with Crippen LogP contribution in [0.1, 0.15) is 128 Å². The van der Waals surface area contributed by atoms with Crippen LogP contribution in [0.3, 0.4) is 0 Å². The minimum absolute atomic E-state index is 0.105. The van der Waals surface area contributed by atoms with Gasteiger partial charge in [0.05, 0.1) is 53.9 Å². The van der Waals surface area contributed by atoms with Gasteiger partial charge >= 0.3 is 12.2 Å². The number of nitrogens with zero attached hydrogens (tertiary/aromatic N) is 10. The summed E-state index contributed by atoms with van der Waals surface area (Å²) in [4.78, 5) is 52.5. The Hall–Kier alpha value is -6.40. The molecule has 2 amide bonds. The average molecular weight is 1100 g/mol. The number of imidazole rings is 2. The van der Waals surface area contributed by atoms with Gasteiger partial charge in [-0.1, -0.05) is 47.5 Å². The number of piperazine rings is 2. The molecule has 1 N–H and O–H groups in total. The summed E-state index contributed by atoms with van der Waals surface area (Å²) in [5.41, 5.74) is 8.40. The first-order valence-electron chi connectivity index (χ1n) is 26.7. The molecule has 3 saturated heterocycles. The minimum atomic E-state index is -1.35. The number of rotatable bonds is 6. The van der Waals surface area contributed by atoms with E-state index >= 15 is 0 Å². The molecule has 0 radical (unpaired) electrons. The van der Waals surface area contributed by atoms with E-state index in [1.807, 2.05) is 141 Å². The third-order valence-corrected chi connectivity index (χ3v) is 15.9. The van der Waals surface area contributed by atoms with Crippen LogP contribution in [-0.4, -0.2) is 136 Å². The lowest BCUT2D eigenvalue weighted by atomic mass is 9.84. The summed E-state index contributed by atoms with van der Waals surface area (Å²) in [6.07, 6.45) is 11.0. The molecule has 0 saturated carbocycles. The lowest BCUT2D eigenvalue weighted by molar-refractivity contribution is 0.0109. The van der Waals surface area contributed by atoms with Gasteiger partial charge < -0.3 is 38.3 Å². The van der Waals surface area contributed by atoms with Crippen molar-refractivity contribution in [2.24, 2.45) is 14.1 Å². The maximum absolute atomic E-state index is 12.7. The van der Waals surface area contributed by atoms with Crippen LogP contribution in [0.25, 0.3) is 23.3 Å². The van der Waals surface area contributed by atoms with Gasteiger partial charge in [0.2, 0.25) is 0 Å². The molecular formula is C60H70Cl2N10O6. The van der Waals surface area contributed by atoms with E-state index in [0.29, 0.717) is 74.7 Å². The molecule has 2 aliphatic carbocycles. The Kier molecular flexibility index (Phi) is 14.8.